The first-order valence-electron chi connectivity index (χ1n) is 2.84. The summed E-state index contributed by atoms with van der Waals surface area (Å²) in [7, 11) is 0. The van der Waals surface area contributed by atoms with E-state index < -0.39 is 0 Å². The molecule has 1 aromatic heterocycles. The van der Waals surface area contributed by atoms with E-state index in [4.69, 9.17) is 11.5 Å². The van der Waals surface area contributed by atoms with Crippen LogP contribution in [0.2, 0.25) is 0 Å². The summed E-state index contributed by atoms with van der Waals surface area (Å²) >= 11 is 0. The fourth-order valence-electron chi connectivity index (χ4n) is 0.673. The van der Waals surface area contributed by atoms with Crippen molar-refractivity contribution in [3.05, 3.63) is 5.69 Å². The lowest BCUT2D eigenvalue weighted by molar-refractivity contribution is 0.979. The Morgan fingerprint density at radius 3 is 2.44 bits per heavy atom. The lowest BCUT2D eigenvalue weighted by Gasteiger charge is -1.88. The van der Waals surface area contributed by atoms with Crippen molar-refractivity contribution < 1.29 is 0 Å². The molecule has 0 unspecified atom stereocenters. The van der Waals surface area contributed by atoms with Crippen molar-refractivity contribution in [1.82, 2.24) is 10.2 Å². The topological polar surface area (TPSA) is 80.7 Å². The molecule has 0 radical (unpaired) electrons. The van der Waals surface area contributed by atoms with E-state index in [9.17, 15) is 0 Å². The van der Waals surface area contributed by atoms with Crippen LogP contribution >= 0.6 is 0 Å². The number of rotatable bonds is 1. The van der Waals surface area contributed by atoms with Gasteiger partial charge >= 0.3 is 0 Å². The maximum atomic E-state index is 5.49. The molecule has 0 aliphatic rings. The molecular formula is C5H10N4. The van der Waals surface area contributed by atoms with Crippen LogP contribution < -0.4 is 11.5 Å². The Hall–Kier alpha value is -1.19. The highest BCUT2D eigenvalue weighted by molar-refractivity contribution is 5.60. The van der Waals surface area contributed by atoms with Gasteiger partial charge in [0.2, 0.25) is 0 Å². The second-order valence-corrected chi connectivity index (χ2v) is 1.85. The largest absolute Gasteiger partial charge is 0.394 e. The maximum absolute atomic E-state index is 5.49. The highest BCUT2D eigenvalue weighted by atomic mass is 15.2. The summed E-state index contributed by atoms with van der Waals surface area (Å²) in [6.07, 6.45) is 0.819. The zero-order valence-corrected chi connectivity index (χ0v) is 5.31. The van der Waals surface area contributed by atoms with Crippen LogP contribution in [0.3, 0.4) is 0 Å². The number of nitrogens with two attached hydrogens (primary N) is 2. The van der Waals surface area contributed by atoms with Gasteiger partial charge in [-0.25, -0.2) is 0 Å². The van der Waals surface area contributed by atoms with Gasteiger partial charge in [-0.1, -0.05) is 6.92 Å². The Balaban J connectivity index is 3.04. The van der Waals surface area contributed by atoms with Crippen LogP contribution in [-0.2, 0) is 6.42 Å². The van der Waals surface area contributed by atoms with E-state index in [0.29, 0.717) is 11.5 Å². The summed E-state index contributed by atoms with van der Waals surface area (Å²) in [5.41, 5.74) is 12.3. The first-order chi connectivity index (χ1) is 4.25. The van der Waals surface area contributed by atoms with Gasteiger partial charge in [0.15, 0.2) is 0 Å². The number of anilines is 2. The van der Waals surface area contributed by atoms with Gasteiger partial charge in [0.1, 0.15) is 5.82 Å². The Morgan fingerprint density at radius 1 is 1.56 bits per heavy atom. The lowest BCUT2D eigenvalue weighted by Crippen LogP contribution is -1.93. The second-order valence-electron chi connectivity index (χ2n) is 1.85. The monoisotopic (exact) mass is 126 g/mol. The predicted molar refractivity (Wildman–Crippen MR) is 36.8 cm³/mol. The van der Waals surface area contributed by atoms with Crippen molar-refractivity contribution >= 4 is 11.5 Å². The number of aryl methyl sites for hydroxylation is 1. The first-order valence-corrected chi connectivity index (χ1v) is 2.84. The summed E-state index contributed by atoms with van der Waals surface area (Å²) < 4.78 is 0. The molecule has 1 aromatic rings. The third kappa shape index (κ3) is 0.826. The highest BCUT2D eigenvalue weighted by Gasteiger charge is 2.02. The summed E-state index contributed by atoms with van der Waals surface area (Å²) in [4.78, 5) is 0. The smallest absolute Gasteiger partial charge is 0.142 e. The third-order valence-corrected chi connectivity index (χ3v) is 1.25. The van der Waals surface area contributed by atoms with Crippen LogP contribution in [0, 0.1) is 0 Å². The molecule has 0 aromatic carbocycles. The van der Waals surface area contributed by atoms with E-state index in [0.717, 1.165) is 12.1 Å². The molecule has 4 heteroatoms. The Kier molecular flexibility index (Phi) is 1.30. The number of nitrogens with zero attached hydrogens (tertiary/aromatic N) is 1. The molecule has 0 amide bonds. The molecule has 9 heavy (non-hydrogen) atoms. The predicted octanol–water partition coefficient (Wildman–Crippen LogP) is 0.137. The Morgan fingerprint density at radius 2 is 2.22 bits per heavy atom. The standard InChI is InChI=1S/C5H10N4/c1-2-3-4(6)5(7)9-8-3/h2,6H2,1H3,(H3,7,8,9). The molecule has 1 rings (SSSR count). The second kappa shape index (κ2) is 1.97. The van der Waals surface area contributed by atoms with E-state index in [1.165, 1.54) is 0 Å². The molecule has 0 bridgehead atoms. The van der Waals surface area contributed by atoms with Crippen molar-refractivity contribution in [2.24, 2.45) is 0 Å². The van der Waals surface area contributed by atoms with E-state index in [-0.39, 0.29) is 0 Å². The van der Waals surface area contributed by atoms with Crippen LogP contribution in [0.15, 0.2) is 0 Å². The molecule has 4 nitrogen and oxygen atoms in total. The van der Waals surface area contributed by atoms with Gasteiger partial charge in [0, 0.05) is 0 Å². The molecular weight excluding hydrogens is 116 g/mol. The van der Waals surface area contributed by atoms with Gasteiger partial charge in [-0.15, -0.1) is 0 Å². The number of nitrogen functional groups attached to an aromatic ring is 2. The van der Waals surface area contributed by atoms with E-state index in [1.807, 2.05) is 6.92 Å². The van der Waals surface area contributed by atoms with Gasteiger partial charge in [-0.2, -0.15) is 5.10 Å². The molecule has 0 aliphatic carbocycles. The normalized spacial score (nSPS) is 9.89. The van der Waals surface area contributed by atoms with Crippen LogP contribution in [0.25, 0.3) is 0 Å². The first kappa shape index (κ1) is 5.94. The fraction of sp³-hybridized carbons (Fsp3) is 0.400. The molecule has 50 valence electrons. The van der Waals surface area contributed by atoms with Crippen LogP contribution in [0.4, 0.5) is 11.5 Å². The van der Waals surface area contributed by atoms with Crippen molar-refractivity contribution in [3.8, 4) is 0 Å². The Labute approximate surface area is 53.2 Å². The van der Waals surface area contributed by atoms with Gasteiger partial charge in [-0.3, -0.25) is 5.10 Å². The van der Waals surface area contributed by atoms with E-state index in [1.54, 1.807) is 0 Å². The number of aromatic amines is 1. The molecule has 0 saturated carbocycles. The third-order valence-electron chi connectivity index (χ3n) is 1.25. The van der Waals surface area contributed by atoms with Gasteiger partial charge in [0.25, 0.3) is 0 Å². The van der Waals surface area contributed by atoms with Crippen molar-refractivity contribution in [1.29, 1.82) is 0 Å². The molecule has 0 aliphatic heterocycles. The summed E-state index contributed by atoms with van der Waals surface area (Å²) in [5, 5.41) is 6.45. The van der Waals surface area contributed by atoms with Crippen LogP contribution in [0.5, 0.6) is 0 Å². The average molecular weight is 126 g/mol. The van der Waals surface area contributed by atoms with Crippen molar-refractivity contribution in [2.45, 2.75) is 13.3 Å². The van der Waals surface area contributed by atoms with Gasteiger partial charge < -0.3 is 11.5 Å². The number of H-pyrrole nitrogens is 1. The average Bonchev–Trinajstić information content (AvgIpc) is 2.15. The van der Waals surface area contributed by atoms with E-state index >= 15 is 0 Å². The number of nitrogens with one attached hydrogen (secondary N) is 1. The zero-order valence-electron chi connectivity index (χ0n) is 5.31. The summed E-state index contributed by atoms with van der Waals surface area (Å²) in [6, 6.07) is 0. The zero-order chi connectivity index (χ0) is 6.85. The molecule has 1 heterocycles. The molecule has 0 saturated heterocycles. The van der Waals surface area contributed by atoms with Gasteiger partial charge in [0.05, 0.1) is 11.4 Å². The number of hydrogen-bond donors (Lipinski definition) is 3. The summed E-state index contributed by atoms with van der Waals surface area (Å²) in [5.74, 6) is 0.465. The van der Waals surface area contributed by atoms with Crippen LogP contribution in [-0.4, -0.2) is 10.2 Å². The quantitative estimate of drug-likeness (QED) is 0.500. The minimum Gasteiger partial charge on any atom is -0.394 e. The maximum Gasteiger partial charge on any atom is 0.142 e. The minimum absolute atomic E-state index is 0.465. The minimum atomic E-state index is 0.465. The highest BCUT2D eigenvalue weighted by Crippen LogP contribution is 2.14. The SMILES string of the molecule is CCc1n[nH]c(N)c1N. The van der Waals surface area contributed by atoms with Crippen molar-refractivity contribution in [3.63, 3.8) is 0 Å². The molecule has 0 spiro atoms. The van der Waals surface area contributed by atoms with Crippen LogP contribution in [0.1, 0.15) is 12.6 Å². The van der Waals surface area contributed by atoms with Crippen molar-refractivity contribution in [2.75, 3.05) is 11.5 Å². The molecule has 0 atom stereocenters. The molecule has 5 N–H and O–H groups in total. The van der Waals surface area contributed by atoms with E-state index in [2.05, 4.69) is 10.2 Å². The number of aromatic nitrogens is 2. The Bertz CT molecular complexity index is 203. The number of hydrogen-bond acceptors (Lipinski definition) is 3. The molecule has 0 fully saturated rings. The van der Waals surface area contributed by atoms with Gasteiger partial charge in [-0.05, 0) is 6.42 Å². The lowest BCUT2D eigenvalue weighted by atomic mass is 10.3. The summed E-state index contributed by atoms with van der Waals surface area (Å²) in [6.45, 7) is 1.98. The fourth-order valence-corrected chi connectivity index (χ4v) is 0.673.